The first-order valence-electron chi connectivity index (χ1n) is 12.5. The third kappa shape index (κ3) is 9.47. The molecule has 1 unspecified atom stereocenters. The number of sulfone groups is 1. The minimum Gasteiger partial charge on any atom is -0.315 e. The molecule has 1 aromatic rings. The number of unbranched alkanes of at least 4 members (excludes halogenated alkanes) is 12. The number of nitrogens with two attached hydrogens (primary N) is 1. The number of hydrogen-bond acceptors (Lipinski definition) is 6. The summed E-state index contributed by atoms with van der Waals surface area (Å²) < 4.78 is 23.7. The van der Waals surface area contributed by atoms with Gasteiger partial charge in [0, 0.05) is 0 Å². The maximum Gasteiger partial charge on any atom is 0.271 e. The number of carbonyl (C=O) groups is 1. The lowest BCUT2D eigenvalue weighted by atomic mass is 10.0. The molecule has 2 heterocycles. The van der Waals surface area contributed by atoms with Crippen LogP contribution in [-0.4, -0.2) is 32.5 Å². The molecule has 0 aromatic carbocycles. The van der Waals surface area contributed by atoms with Crippen LogP contribution in [0.5, 0.6) is 0 Å². The Hall–Kier alpha value is -0.360. The minimum absolute atomic E-state index is 0.128. The molecule has 2 rings (SSSR count). The third-order valence-electron chi connectivity index (χ3n) is 6.10. The van der Waals surface area contributed by atoms with Crippen molar-refractivity contribution in [3.63, 3.8) is 0 Å². The van der Waals surface area contributed by atoms with Gasteiger partial charge in [-0.3, -0.25) is 4.79 Å². The summed E-state index contributed by atoms with van der Waals surface area (Å²) in [5.74, 6) is -0.275. The van der Waals surface area contributed by atoms with Gasteiger partial charge in [0.25, 0.3) is 5.91 Å². The third-order valence-corrected chi connectivity index (χ3v) is 11.3. The molecule has 0 bridgehead atoms. The van der Waals surface area contributed by atoms with Crippen LogP contribution in [0.4, 0.5) is 5.82 Å². The summed E-state index contributed by atoms with van der Waals surface area (Å²) >= 11 is 9.08. The SMILES string of the molecule is CCCCCCCCCCCCCCCC1=NN(c2cccc(S(=O)(=O)C(Br)(Br)Br)n2)C(=O)C1N. The Morgan fingerprint density at radius 1 is 0.914 bits per heavy atom. The summed E-state index contributed by atoms with van der Waals surface area (Å²) in [5.41, 5.74) is 6.71. The monoisotopic (exact) mass is 698 g/mol. The molecular weight excluding hydrogens is 664 g/mol. The fourth-order valence-corrected chi connectivity index (χ4v) is 6.20. The summed E-state index contributed by atoms with van der Waals surface area (Å²) in [6, 6.07) is 3.60. The van der Waals surface area contributed by atoms with E-state index in [-0.39, 0.29) is 10.8 Å². The number of halogens is 3. The average Bonchev–Trinajstić information content (AvgIpc) is 3.10. The Morgan fingerprint density at radius 3 is 1.94 bits per heavy atom. The molecule has 0 spiro atoms. The second kappa shape index (κ2) is 15.1. The van der Waals surface area contributed by atoms with E-state index < -0.39 is 23.3 Å². The molecule has 1 amide bonds. The molecular formula is C24H37Br3N4O3S. The molecule has 198 valence electrons. The molecule has 11 heteroatoms. The Morgan fingerprint density at radius 2 is 1.43 bits per heavy atom. The number of hydrogen-bond donors (Lipinski definition) is 1. The molecule has 0 saturated carbocycles. The number of nitrogens with zero attached hydrogens (tertiary/aromatic N) is 3. The molecule has 2 N–H and O–H groups in total. The largest absolute Gasteiger partial charge is 0.315 e. The van der Waals surface area contributed by atoms with Crippen LogP contribution in [0, 0.1) is 0 Å². The highest BCUT2D eigenvalue weighted by Crippen LogP contribution is 2.42. The van der Waals surface area contributed by atoms with E-state index in [1.807, 2.05) is 0 Å². The zero-order valence-electron chi connectivity index (χ0n) is 20.4. The van der Waals surface area contributed by atoms with Crippen molar-refractivity contribution in [2.45, 2.75) is 109 Å². The van der Waals surface area contributed by atoms with Crippen LogP contribution in [0.15, 0.2) is 28.3 Å². The smallest absolute Gasteiger partial charge is 0.271 e. The number of hydrazone groups is 1. The average molecular weight is 701 g/mol. The number of anilines is 1. The second-order valence-electron chi connectivity index (χ2n) is 8.99. The van der Waals surface area contributed by atoms with Crippen LogP contribution in [0.25, 0.3) is 0 Å². The molecule has 7 nitrogen and oxygen atoms in total. The van der Waals surface area contributed by atoms with E-state index in [2.05, 4.69) is 64.8 Å². The summed E-state index contributed by atoms with van der Waals surface area (Å²) in [6.45, 7) is 2.25. The second-order valence-corrected chi connectivity index (χ2v) is 19.4. The van der Waals surface area contributed by atoms with Gasteiger partial charge in [0.05, 0.1) is 5.71 Å². The van der Waals surface area contributed by atoms with E-state index in [9.17, 15) is 13.2 Å². The summed E-state index contributed by atoms with van der Waals surface area (Å²) in [5, 5.41) is 5.29. The summed E-state index contributed by atoms with van der Waals surface area (Å²) in [7, 11) is -3.89. The Bertz CT molecular complexity index is 952. The highest BCUT2D eigenvalue weighted by Gasteiger charge is 2.40. The fraction of sp³-hybridized carbons (Fsp3) is 0.708. The van der Waals surface area contributed by atoms with Crippen LogP contribution in [-0.2, 0) is 14.6 Å². The molecule has 0 aliphatic carbocycles. The van der Waals surface area contributed by atoms with Crippen molar-refractivity contribution in [1.82, 2.24) is 4.98 Å². The topological polar surface area (TPSA) is 106 Å². The first-order valence-corrected chi connectivity index (χ1v) is 16.4. The van der Waals surface area contributed by atoms with Gasteiger partial charge in [0.2, 0.25) is 11.3 Å². The maximum absolute atomic E-state index is 12.7. The standard InChI is InChI=1S/C24H37Br3N4O3S/c1-2-3-4-5-6-7-8-9-10-11-12-13-14-16-19-22(28)23(32)31(30-19)20-17-15-18-21(29-20)35(33,34)24(25,26)27/h15,17-18,22H,2-14,16,28H2,1H3. The van der Waals surface area contributed by atoms with Gasteiger partial charge >= 0.3 is 0 Å². The lowest BCUT2D eigenvalue weighted by molar-refractivity contribution is -0.117. The van der Waals surface area contributed by atoms with Gasteiger partial charge in [-0.2, -0.15) is 10.1 Å². The molecule has 1 atom stereocenters. The zero-order valence-corrected chi connectivity index (χ0v) is 26.0. The van der Waals surface area contributed by atoms with Gasteiger partial charge in [0.15, 0.2) is 10.8 Å². The molecule has 0 radical (unpaired) electrons. The minimum atomic E-state index is -3.89. The van der Waals surface area contributed by atoms with Crippen LogP contribution < -0.4 is 10.7 Å². The lowest BCUT2D eigenvalue weighted by Gasteiger charge is -2.15. The van der Waals surface area contributed by atoms with Crippen LogP contribution in [0.2, 0.25) is 0 Å². The normalized spacial score (nSPS) is 16.7. The Labute approximate surface area is 235 Å². The van der Waals surface area contributed by atoms with Crippen molar-refractivity contribution in [2.75, 3.05) is 5.01 Å². The Kier molecular flexibility index (Phi) is 13.4. The number of carbonyl (C=O) groups excluding carboxylic acids is 1. The number of pyridine rings is 1. The lowest BCUT2D eigenvalue weighted by Crippen LogP contribution is -2.39. The van der Waals surface area contributed by atoms with Crippen molar-refractivity contribution in [3.05, 3.63) is 18.2 Å². The first kappa shape index (κ1) is 30.9. The highest BCUT2D eigenvalue weighted by molar-refractivity contribution is 9.42. The van der Waals surface area contributed by atoms with Gasteiger partial charge in [-0.1, -0.05) is 90.0 Å². The number of amides is 1. The molecule has 1 aliphatic heterocycles. The van der Waals surface area contributed by atoms with E-state index in [0.717, 1.165) is 17.9 Å². The number of aromatic nitrogens is 1. The molecule has 1 aromatic heterocycles. The van der Waals surface area contributed by atoms with Gasteiger partial charge in [-0.25, -0.2) is 13.4 Å². The predicted molar refractivity (Wildman–Crippen MR) is 154 cm³/mol. The summed E-state index contributed by atoms with van der Waals surface area (Å²) in [4.78, 5) is 16.8. The van der Waals surface area contributed by atoms with Crippen LogP contribution in [0.1, 0.15) is 96.8 Å². The maximum atomic E-state index is 12.7. The number of rotatable bonds is 16. The van der Waals surface area contributed by atoms with E-state index in [4.69, 9.17) is 5.73 Å². The van der Waals surface area contributed by atoms with Crippen molar-refractivity contribution in [2.24, 2.45) is 10.8 Å². The molecule has 1 aliphatic rings. The van der Waals surface area contributed by atoms with Gasteiger partial charge in [0.1, 0.15) is 6.04 Å². The predicted octanol–water partition coefficient (Wildman–Crippen LogP) is 7.16. The summed E-state index contributed by atoms with van der Waals surface area (Å²) in [6.07, 6.45) is 17.2. The highest BCUT2D eigenvalue weighted by atomic mass is 80.0. The first-order chi connectivity index (χ1) is 16.6. The quantitative estimate of drug-likeness (QED) is 0.146. The molecule has 35 heavy (non-hydrogen) atoms. The van der Waals surface area contributed by atoms with Crippen LogP contribution in [0.3, 0.4) is 0 Å². The Balaban J connectivity index is 1.76. The van der Waals surface area contributed by atoms with Gasteiger partial charge in [-0.15, -0.1) is 0 Å². The van der Waals surface area contributed by atoms with Crippen molar-refractivity contribution in [3.8, 4) is 0 Å². The fourth-order valence-electron chi connectivity index (χ4n) is 4.00. The van der Waals surface area contributed by atoms with E-state index in [1.165, 1.54) is 82.8 Å². The van der Waals surface area contributed by atoms with Gasteiger partial charge in [-0.05, 0) is 72.8 Å². The molecule has 0 saturated heterocycles. The number of alkyl halides is 3. The van der Waals surface area contributed by atoms with Crippen LogP contribution >= 0.6 is 47.8 Å². The van der Waals surface area contributed by atoms with E-state index in [0.29, 0.717) is 12.1 Å². The molecule has 0 fully saturated rings. The van der Waals surface area contributed by atoms with E-state index in [1.54, 1.807) is 6.07 Å². The van der Waals surface area contributed by atoms with Gasteiger partial charge < -0.3 is 5.73 Å². The van der Waals surface area contributed by atoms with Crippen molar-refractivity contribution >= 4 is 75.1 Å². The zero-order chi connectivity index (χ0) is 25.9. The van der Waals surface area contributed by atoms with E-state index >= 15 is 0 Å². The van der Waals surface area contributed by atoms with Crippen molar-refractivity contribution < 1.29 is 13.2 Å². The van der Waals surface area contributed by atoms with Crippen molar-refractivity contribution in [1.29, 1.82) is 0 Å².